The van der Waals surface area contributed by atoms with Crippen molar-refractivity contribution in [2.45, 2.75) is 19.3 Å². The molecule has 1 unspecified atom stereocenters. The van der Waals surface area contributed by atoms with Crippen molar-refractivity contribution >= 4 is 15.9 Å². The number of rotatable bonds is 8. The zero-order valence-electron chi connectivity index (χ0n) is 15.7. The highest BCUT2D eigenvalue weighted by Crippen LogP contribution is 2.16. The number of nitrogens with zero attached hydrogens (tertiary/aromatic N) is 1. The van der Waals surface area contributed by atoms with Crippen molar-refractivity contribution in [1.29, 1.82) is 0 Å². The molecule has 0 aliphatic carbocycles. The molecule has 3 rings (SSSR count). The average molecular weight is 396 g/mol. The molecule has 0 saturated carbocycles. The molecule has 0 bridgehead atoms. The first-order chi connectivity index (χ1) is 13.0. The third-order valence-electron chi connectivity index (χ3n) is 5.12. The number of ether oxygens (including phenoxy) is 1. The molecule has 2 N–H and O–H groups in total. The van der Waals surface area contributed by atoms with E-state index in [1.165, 1.54) is 16.3 Å². The van der Waals surface area contributed by atoms with Gasteiger partial charge in [0.25, 0.3) is 0 Å². The lowest BCUT2D eigenvalue weighted by molar-refractivity contribution is -0.120. The molecule has 0 spiro atoms. The third-order valence-corrected chi connectivity index (χ3v) is 6.99. The van der Waals surface area contributed by atoms with Crippen LogP contribution in [0.25, 0.3) is 0 Å². The van der Waals surface area contributed by atoms with E-state index in [1.54, 1.807) is 0 Å². The van der Waals surface area contributed by atoms with Gasteiger partial charge in [-0.2, -0.15) is 4.31 Å². The monoisotopic (exact) mass is 395 g/mol. The Bertz CT molecular complexity index is 709. The molecule has 8 heteroatoms. The standard InChI is InChI=1S/C19H29N3O4S/c23-19(21-7-12-27(24,25)22-8-10-26-11-9-22)14-17-3-1-16(2-4-17)13-18-5-6-20-15-18/h1-4,18,20H,5-15H2,(H,21,23). The molecule has 2 aliphatic heterocycles. The Balaban J connectivity index is 1.39. The number of hydrogen-bond donors (Lipinski definition) is 2. The van der Waals surface area contributed by atoms with Crippen LogP contribution in [-0.4, -0.2) is 70.3 Å². The Labute approximate surface area is 161 Å². The summed E-state index contributed by atoms with van der Waals surface area (Å²) in [6.45, 7) is 3.95. The van der Waals surface area contributed by atoms with E-state index in [0.717, 1.165) is 25.1 Å². The fourth-order valence-corrected chi connectivity index (χ4v) is 4.86. The van der Waals surface area contributed by atoms with Gasteiger partial charge in [-0.05, 0) is 43.0 Å². The van der Waals surface area contributed by atoms with Crippen LogP contribution in [0, 0.1) is 5.92 Å². The zero-order valence-corrected chi connectivity index (χ0v) is 16.5. The second kappa shape index (κ2) is 9.64. The van der Waals surface area contributed by atoms with Crippen molar-refractivity contribution in [3.63, 3.8) is 0 Å². The molecular formula is C19H29N3O4S. The van der Waals surface area contributed by atoms with Crippen LogP contribution in [0.3, 0.4) is 0 Å². The number of sulfonamides is 1. The summed E-state index contributed by atoms with van der Waals surface area (Å²) in [5.74, 6) is 0.472. The minimum absolute atomic E-state index is 0.0763. The maximum atomic E-state index is 12.2. The van der Waals surface area contributed by atoms with Crippen LogP contribution in [-0.2, 0) is 32.4 Å². The highest BCUT2D eigenvalue weighted by Gasteiger charge is 2.24. The van der Waals surface area contributed by atoms with E-state index >= 15 is 0 Å². The predicted molar refractivity (Wildman–Crippen MR) is 104 cm³/mol. The first-order valence-corrected chi connectivity index (χ1v) is 11.2. The molecule has 1 atom stereocenters. The van der Waals surface area contributed by atoms with E-state index in [-0.39, 0.29) is 24.6 Å². The van der Waals surface area contributed by atoms with Crippen LogP contribution in [0.5, 0.6) is 0 Å². The summed E-state index contributed by atoms with van der Waals surface area (Å²) in [5, 5.41) is 6.09. The Kier molecular flexibility index (Phi) is 7.23. The van der Waals surface area contributed by atoms with E-state index in [1.807, 2.05) is 12.1 Å². The molecule has 0 radical (unpaired) electrons. The summed E-state index contributed by atoms with van der Waals surface area (Å²) in [6.07, 6.45) is 2.55. The third kappa shape index (κ3) is 6.27. The van der Waals surface area contributed by atoms with Gasteiger partial charge in [-0.3, -0.25) is 4.79 Å². The Morgan fingerprint density at radius 2 is 1.89 bits per heavy atom. The molecule has 2 saturated heterocycles. The summed E-state index contributed by atoms with van der Waals surface area (Å²) in [6, 6.07) is 8.15. The molecular weight excluding hydrogens is 366 g/mol. The van der Waals surface area contributed by atoms with Gasteiger partial charge in [0.1, 0.15) is 0 Å². The second-order valence-electron chi connectivity index (χ2n) is 7.23. The lowest BCUT2D eigenvalue weighted by atomic mass is 9.97. The second-order valence-corrected chi connectivity index (χ2v) is 9.32. The zero-order chi connectivity index (χ0) is 19.1. The summed E-state index contributed by atoms with van der Waals surface area (Å²) in [5.41, 5.74) is 2.24. The fourth-order valence-electron chi connectivity index (χ4n) is 3.54. The van der Waals surface area contributed by atoms with Gasteiger partial charge in [0.2, 0.25) is 15.9 Å². The first-order valence-electron chi connectivity index (χ1n) is 9.64. The average Bonchev–Trinajstić information content (AvgIpc) is 3.17. The van der Waals surface area contributed by atoms with Crippen molar-refractivity contribution in [3.05, 3.63) is 35.4 Å². The van der Waals surface area contributed by atoms with Gasteiger partial charge < -0.3 is 15.4 Å². The molecule has 2 heterocycles. The van der Waals surface area contributed by atoms with Gasteiger partial charge in [0.15, 0.2) is 0 Å². The van der Waals surface area contributed by atoms with Gasteiger partial charge in [-0.1, -0.05) is 24.3 Å². The normalized spacial score (nSPS) is 21.3. The minimum Gasteiger partial charge on any atom is -0.379 e. The van der Waals surface area contributed by atoms with Gasteiger partial charge >= 0.3 is 0 Å². The Morgan fingerprint density at radius 1 is 1.19 bits per heavy atom. The molecule has 2 aliphatic rings. The molecule has 27 heavy (non-hydrogen) atoms. The molecule has 1 aromatic rings. The number of amides is 1. The Morgan fingerprint density at radius 3 is 2.56 bits per heavy atom. The molecule has 1 aromatic carbocycles. The van der Waals surface area contributed by atoms with E-state index < -0.39 is 10.0 Å². The van der Waals surface area contributed by atoms with Crippen LogP contribution in [0.2, 0.25) is 0 Å². The first kappa shape index (κ1) is 20.3. The number of nitrogens with one attached hydrogen (secondary N) is 2. The maximum absolute atomic E-state index is 12.2. The largest absolute Gasteiger partial charge is 0.379 e. The SMILES string of the molecule is O=C(Cc1ccc(CC2CCNC2)cc1)NCCS(=O)(=O)N1CCOCC1. The van der Waals surface area contributed by atoms with Crippen LogP contribution < -0.4 is 10.6 Å². The van der Waals surface area contributed by atoms with Gasteiger partial charge in [-0.15, -0.1) is 0 Å². The quantitative estimate of drug-likeness (QED) is 0.655. The smallest absolute Gasteiger partial charge is 0.224 e. The topological polar surface area (TPSA) is 87.7 Å². The predicted octanol–water partition coefficient (Wildman–Crippen LogP) is 0.159. The van der Waals surface area contributed by atoms with E-state index in [9.17, 15) is 13.2 Å². The van der Waals surface area contributed by atoms with E-state index in [0.29, 0.717) is 32.2 Å². The van der Waals surface area contributed by atoms with Crippen molar-refractivity contribution in [2.75, 3.05) is 51.7 Å². The van der Waals surface area contributed by atoms with E-state index in [2.05, 4.69) is 22.8 Å². The number of carbonyl (C=O) groups excluding carboxylic acids is 1. The molecule has 0 aromatic heterocycles. The van der Waals surface area contributed by atoms with Crippen molar-refractivity contribution in [3.8, 4) is 0 Å². The fraction of sp³-hybridized carbons (Fsp3) is 0.632. The summed E-state index contributed by atoms with van der Waals surface area (Å²) in [7, 11) is -3.34. The molecule has 1 amide bonds. The highest BCUT2D eigenvalue weighted by atomic mass is 32.2. The van der Waals surface area contributed by atoms with Gasteiger partial charge in [0.05, 0.1) is 25.4 Å². The van der Waals surface area contributed by atoms with Crippen molar-refractivity contribution < 1.29 is 17.9 Å². The van der Waals surface area contributed by atoms with Crippen molar-refractivity contribution in [1.82, 2.24) is 14.9 Å². The van der Waals surface area contributed by atoms with Gasteiger partial charge in [0, 0.05) is 19.6 Å². The number of carbonyl (C=O) groups is 1. The van der Waals surface area contributed by atoms with Crippen LogP contribution in [0.4, 0.5) is 0 Å². The minimum atomic E-state index is -3.34. The number of benzene rings is 1. The molecule has 150 valence electrons. The summed E-state index contributed by atoms with van der Waals surface area (Å²) in [4.78, 5) is 12.1. The van der Waals surface area contributed by atoms with Gasteiger partial charge in [-0.25, -0.2) is 8.42 Å². The lowest BCUT2D eigenvalue weighted by Gasteiger charge is -2.26. The molecule has 7 nitrogen and oxygen atoms in total. The van der Waals surface area contributed by atoms with Crippen LogP contribution in [0.1, 0.15) is 17.5 Å². The Hall–Kier alpha value is -1.48. The highest BCUT2D eigenvalue weighted by molar-refractivity contribution is 7.89. The number of morpholine rings is 1. The molecule has 2 fully saturated rings. The van der Waals surface area contributed by atoms with Crippen LogP contribution in [0.15, 0.2) is 24.3 Å². The van der Waals surface area contributed by atoms with Crippen LogP contribution >= 0.6 is 0 Å². The maximum Gasteiger partial charge on any atom is 0.224 e. The number of hydrogen-bond acceptors (Lipinski definition) is 5. The summed E-state index contributed by atoms with van der Waals surface area (Å²) >= 11 is 0. The van der Waals surface area contributed by atoms with E-state index in [4.69, 9.17) is 4.74 Å². The lowest BCUT2D eigenvalue weighted by Crippen LogP contribution is -2.43. The van der Waals surface area contributed by atoms with Crippen molar-refractivity contribution in [2.24, 2.45) is 5.92 Å². The summed E-state index contributed by atoms with van der Waals surface area (Å²) < 4.78 is 31.0.